The van der Waals surface area contributed by atoms with Crippen molar-refractivity contribution in [3.8, 4) is 0 Å². The van der Waals surface area contributed by atoms with Crippen LogP contribution in [0, 0.1) is 0 Å². The van der Waals surface area contributed by atoms with E-state index in [1.807, 2.05) is 18.7 Å². The Bertz CT molecular complexity index is 342. The van der Waals surface area contributed by atoms with Gasteiger partial charge in [-0.25, -0.2) is 0 Å². The summed E-state index contributed by atoms with van der Waals surface area (Å²) in [4.78, 5) is 6.97. The Morgan fingerprint density at radius 2 is 2.41 bits per heavy atom. The molecule has 1 fully saturated rings. The van der Waals surface area contributed by atoms with Gasteiger partial charge in [-0.1, -0.05) is 12.1 Å². The van der Waals surface area contributed by atoms with Crippen LogP contribution in [-0.4, -0.2) is 40.1 Å². The summed E-state index contributed by atoms with van der Waals surface area (Å²) in [6.07, 6.45) is 6.65. The van der Waals surface area contributed by atoms with Gasteiger partial charge in [-0.3, -0.25) is 4.90 Å². The van der Waals surface area contributed by atoms with Crippen molar-refractivity contribution >= 4 is 11.8 Å². The number of aromatic nitrogens is 2. The first-order valence-corrected chi connectivity index (χ1v) is 7.80. The van der Waals surface area contributed by atoms with Crippen molar-refractivity contribution in [1.82, 2.24) is 15.0 Å². The van der Waals surface area contributed by atoms with Crippen molar-refractivity contribution in [3.05, 3.63) is 11.7 Å². The molecular formula is C12H21N3OS. The van der Waals surface area contributed by atoms with Gasteiger partial charge in [0.1, 0.15) is 0 Å². The molecule has 1 aromatic heterocycles. The van der Waals surface area contributed by atoms with Gasteiger partial charge in [0, 0.05) is 6.42 Å². The van der Waals surface area contributed by atoms with Gasteiger partial charge in [-0.2, -0.15) is 16.7 Å². The second kappa shape index (κ2) is 6.40. The Labute approximate surface area is 107 Å². The van der Waals surface area contributed by atoms with Crippen molar-refractivity contribution in [1.29, 1.82) is 0 Å². The first-order valence-electron chi connectivity index (χ1n) is 6.40. The molecule has 0 bridgehead atoms. The van der Waals surface area contributed by atoms with Crippen LogP contribution in [0.3, 0.4) is 0 Å². The van der Waals surface area contributed by atoms with E-state index in [1.165, 1.54) is 31.6 Å². The summed E-state index contributed by atoms with van der Waals surface area (Å²) in [5, 5.41) is 4.11. The molecule has 1 saturated heterocycles. The van der Waals surface area contributed by atoms with Crippen LogP contribution in [0.1, 0.15) is 43.9 Å². The fourth-order valence-corrected chi connectivity index (χ4v) is 2.76. The standard InChI is InChI=1S/C12H21N3OS/c1-3-11-13-12(14-16-11)10-6-4-7-15(10)8-5-9-17-2/h10H,3-9H2,1-2H3/t10-/m0/s1. The molecule has 0 radical (unpaired) electrons. The van der Waals surface area contributed by atoms with Crippen LogP contribution in [0.15, 0.2) is 4.52 Å². The molecule has 1 aromatic rings. The van der Waals surface area contributed by atoms with Gasteiger partial charge >= 0.3 is 0 Å². The summed E-state index contributed by atoms with van der Waals surface area (Å²) < 4.78 is 5.21. The Balaban J connectivity index is 1.94. The van der Waals surface area contributed by atoms with E-state index in [0.717, 1.165) is 24.7 Å². The zero-order chi connectivity index (χ0) is 12.1. The highest BCUT2D eigenvalue weighted by atomic mass is 32.2. The Morgan fingerprint density at radius 3 is 3.12 bits per heavy atom. The summed E-state index contributed by atoms with van der Waals surface area (Å²) in [6.45, 7) is 4.37. The van der Waals surface area contributed by atoms with Crippen LogP contribution in [0.5, 0.6) is 0 Å². The Morgan fingerprint density at radius 1 is 1.53 bits per heavy atom. The largest absolute Gasteiger partial charge is 0.339 e. The lowest BCUT2D eigenvalue weighted by Crippen LogP contribution is -2.25. The van der Waals surface area contributed by atoms with Crippen LogP contribution in [0.4, 0.5) is 0 Å². The van der Waals surface area contributed by atoms with Gasteiger partial charge in [0.15, 0.2) is 5.82 Å². The Hall–Kier alpha value is -0.550. The molecule has 2 heterocycles. The highest BCUT2D eigenvalue weighted by Gasteiger charge is 2.29. The number of nitrogens with zero attached hydrogens (tertiary/aromatic N) is 3. The maximum absolute atomic E-state index is 5.21. The second-order valence-corrected chi connectivity index (χ2v) is 5.43. The van der Waals surface area contributed by atoms with Crippen LogP contribution < -0.4 is 0 Å². The number of hydrogen-bond donors (Lipinski definition) is 0. The van der Waals surface area contributed by atoms with E-state index in [1.54, 1.807) is 0 Å². The minimum atomic E-state index is 0.390. The average Bonchev–Trinajstić information content (AvgIpc) is 2.96. The second-order valence-electron chi connectivity index (χ2n) is 4.44. The van der Waals surface area contributed by atoms with E-state index >= 15 is 0 Å². The van der Waals surface area contributed by atoms with E-state index < -0.39 is 0 Å². The van der Waals surface area contributed by atoms with E-state index in [2.05, 4.69) is 21.3 Å². The van der Waals surface area contributed by atoms with Crippen molar-refractivity contribution in [3.63, 3.8) is 0 Å². The highest BCUT2D eigenvalue weighted by Crippen LogP contribution is 2.30. The van der Waals surface area contributed by atoms with Crippen LogP contribution in [0.25, 0.3) is 0 Å². The topological polar surface area (TPSA) is 42.2 Å². The van der Waals surface area contributed by atoms with Crippen LogP contribution in [0.2, 0.25) is 0 Å². The molecule has 1 aliphatic heterocycles. The van der Waals surface area contributed by atoms with Crippen LogP contribution >= 0.6 is 11.8 Å². The molecule has 1 aliphatic rings. The molecule has 0 aliphatic carbocycles. The minimum absolute atomic E-state index is 0.390. The molecule has 2 rings (SSSR count). The molecule has 4 nitrogen and oxygen atoms in total. The monoisotopic (exact) mass is 255 g/mol. The number of rotatable bonds is 6. The summed E-state index contributed by atoms with van der Waals surface area (Å²) in [6, 6.07) is 0.390. The first-order chi connectivity index (χ1) is 8.35. The average molecular weight is 255 g/mol. The van der Waals surface area contributed by atoms with Crippen molar-refractivity contribution in [2.45, 2.75) is 38.6 Å². The zero-order valence-corrected chi connectivity index (χ0v) is 11.5. The Kier molecular flexibility index (Phi) is 4.86. The molecule has 0 N–H and O–H groups in total. The number of aryl methyl sites for hydroxylation is 1. The summed E-state index contributed by atoms with van der Waals surface area (Å²) in [5.74, 6) is 2.88. The third kappa shape index (κ3) is 3.22. The maximum Gasteiger partial charge on any atom is 0.226 e. The lowest BCUT2D eigenvalue weighted by Gasteiger charge is -2.21. The fourth-order valence-electron chi connectivity index (χ4n) is 2.35. The van der Waals surface area contributed by atoms with Gasteiger partial charge in [-0.15, -0.1) is 0 Å². The molecule has 96 valence electrons. The molecule has 5 heteroatoms. The van der Waals surface area contributed by atoms with Gasteiger partial charge in [0.2, 0.25) is 5.89 Å². The SMILES string of the molecule is CCc1nc([C@@H]2CCCN2CCCSC)no1. The molecule has 0 amide bonds. The molecular weight excluding hydrogens is 234 g/mol. The van der Waals surface area contributed by atoms with Crippen molar-refractivity contribution in [2.75, 3.05) is 25.1 Å². The fraction of sp³-hybridized carbons (Fsp3) is 0.833. The van der Waals surface area contributed by atoms with Gasteiger partial charge in [0.25, 0.3) is 0 Å². The zero-order valence-electron chi connectivity index (χ0n) is 10.7. The predicted octanol–water partition coefficient (Wildman–Crippen LogP) is 2.52. The molecule has 17 heavy (non-hydrogen) atoms. The quantitative estimate of drug-likeness (QED) is 0.731. The van der Waals surface area contributed by atoms with Crippen LogP contribution in [-0.2, 0) is 6.42 Å². The summed E-state index contributed by atoms with van der Waals surface area (Å²) in [5.41, 5.74) is 0. The number of likely N-dealkylation sites (tertiary alicyclic amines) is 1. The number of hydrogen-bond acceptors (Lipinski definition) is 5. The van der Waals surface area contributed by atoms with Gasteiger partial charge in [0.05, 0.1) is 6.04 Å². The normalized spacial score (nSPS) is 21.2. The molecule has 0 spiro atoms. The number of thioether (sulfide) groups is 1. The highest BCUT2D eigenvalue weighted by molar-refractivity contribution is 7.98. The molecule has 0 aromatic carbocycles. The minimum Gasteiger partial charge on any atom is -0.339 e. The predicted molar refractivity (Wildman–Crippen MR) is 70.2 cm³/mol. The van der Waals surface area contributed by atoms with Crippen molar-refractivity contribution in [2.24, 2.45) is 0 Å². The van der Waals surface area contributed by atoms with Crippen molar-refractivity contribution < 1.29 is 4.52 Å². The smallest absolute Gasteiger partial charge is 0.226 e. The molecule has 0 unspecified atom stereocenters. The van der Waals surface area contributed by atoms with E-state index in [4.69, 9.17) is 4.52 Å². The lowest BCUT2D eigenvalue weighted by molar-refractivity contribution is 0.243. The third-order valence-electron chi connectivity index (χ3n) is 3.24. The lowest BCUT2D eigenvalue weighted by atomic mass is 10.2. The van der Waals surface area contributed by atoms with E-state index in [-0.39, 0.29) is 0 Å². The first kappa shape index (κ1) is 12.9. The summed E-state index contributed by atoms with van der Waals surface area (Å²) >= 11 is 1.91. The van der Waals surface area contributed by atoms with E-state index in [9.17, 15) is 0 Å². The maximum atomic E-state index is 5.21. The van der Waals surface area contributed by atoms with Gasteiger partial charge < -0.3 is 4.52 Å². The van der Waals surface area contributed by atoms with Gasteiger partial charge in [-0.05, 0) is 44.4 Å². The third-order valence-corrected chi connectivity index (χ3v) is 3.94. The molecule has 1 atom stereocenters. The van der Waals surface area contributed by atoms with E-state index in [0.29, 0.717) is 6.04 Å². The summed E-state index contributed by atoms with van der Waals surface area (Å²) in [7, 11) is 0. The molecule has 0 saturated carbocycles.